The summed E-state index contributed by atoms with van der Waals surface area (Å²) in [5.41, 5.74) is 1.51. The lowest BCUT2D eigenvalue weighted by molar-refractivity contribution is -0.0244. The number of nitrogens with one attached hydrogen (secondary N) is 1. The maximum absolute atomic E-state index is 12.8. The van der Waals surface area contributed by atoms with Crippen molar-refractivity contribution in [3.63, 3.8) is 0 Å². The van der Waals surface area contributed by atoms with E-state index in [-0.39, 0.29) is 12.0 Å². The van der Waals surface area contributed by atoms with Crippen LogP contribution in [0.4, 0.5) is 5.82 Å². The zero-order valence-corrected chi connectivity index (χ0v) is 14.2. The minimum Gasteiger partial charge on any atom is -0.372 e. The zero-order valence-electron chi connectivity index (χ0n) is 13.4. The van der Waals surface area contributed by atoms with Gasteiger partial charge in [-0.1, -0.05) is 0 Å². The minimum atomic E-state index is -0.279. The molecular formula is C15H19N5O2S. The quantitative estimate of drug-likeness (QED) is 0.923. The first-order valence-corrected chi connectivity index (χ1v) is 8.25. The third kappa shape index (κ3) is 3.18. The standard InChI is InChI=1S/C15H19N5O2S/c1-9-13(23-10(2)19-9)15(21)20-6-7-22-11(8-20)12-14(16-3)18-5-4-17-12/h4-5,11H,6-8H2,1-3H3,(H,16,18)/t11-/m1/s1. The lowest BCUT2D eigenvalue weighted by Gasteiger charge is -2.32. The van der Waals surface area contributed by atoms with Gasteiger partial charge in [-0.2, -0.15) is 0 Å². The summed E-state index contributed by atoms with van der Waals surface area (Å²) in [5, 5.41) is 3.92. The fraction of sp³-hybridized carbons (Fsp3) is 0.467. The molecule has 0 radical (unpaired) electrons. The summed E-state index contributed by atoms with van der Waals surface area (Å²) in [6.45, 7) is 5.29. The molecule has 23 heavy (non-hydrogen) atoms. The Hall–Kier alpha value is -2.06. The van der Waals surface area contributed by atoms with Gasteiger partial charge in [0.2, 0.25) is 0 Å². The summed E-state index contributed by atoms with van der Waals surface area (Å²) < 4.78 is 5.81. The van der Waals surface area contributed by atoms with E-state index in [1.165, 1.54) is 11.3 Å². The van der Waals surface area contributed by atoms with Crippen LogP contribution >= 0.6 is 11.3 Å². The second kappa shape index (κ2) is 6.59. The van der Waals surface area contributed by atoms with Crippen molar-refractivity contribution in [1.29, 1.82) is 0 Å². The summed E-state index contributed by atoms with van der Waals surface area (Å²) >= 11 is 1.44. The Kier molecular flexibility index (Phi) is 4.53. The van der Waals surface area contributed by atoms with Crippen LogP contribution in [0.2, 0.25) is 0 Å². The predicted octanol–water partition coefficient (Wildman–Crippen LogP) is 1.81. The molecule has 3 heterocycles. The van der Waals surface area contributed by atoms with Crippen molar-refractivity contribution in [3.05, 3.63) is 33.7 Å². The monoisotopic (exact) mass is 333 g/mol. The Bertz CT molecular complexity index is 718. The molecule has 7 nitrogen and oxygen atoms in total. The van der Waals surface area contributed by atoms with E-state index >= 15 is 0 Å². The smallest absolute Gasteiger partial charge is 0.266 e. The molecule has 0 spiro atoms. The number of aromatic nitrogens is 3. The molecule has 0 unspecified atom stereocenters. The topological polar surface area (TPSA) is 80.2 Å². The van der Waals surface area contributed by atoms with Crippen molar-refractivity contribution in [2.45, 2.75) is 20.0 Å². The highest BCUT2D eigenvalue weighted by atomic mass is 32.1. The normalized spacial score (nSPS) is 18.0. The number of rotatable bonds is 3. The summed E-state index contributed by atoms with van der Waals surface area (Å²) in [5.74, 6) is 0.688. The Labute approximate surface area is 138 Å². The number of aryl methyl sites for hydroxylation is 2. The molecule has 8 heteroatoms. The van der Waals surface area contributed by atoms with Crippen LogP contribution in [-0.4, -0.2) is 52.5 Å². The molecule has 0 aromatic carbocycles. The van der Waals surface area contributed by atoms with Crippen molar-refractivity contribution >= 4 is 23.1 Å². The molecule has 0 saturated carbocycles. The molecular weight excluding hydrogens is 314 g/mol. The first-order valence-electron chi connectivity index (χ1n) is 7.43. The van der Waals surface area contributed by atoms with Crippen molar-refractivity contribution < 1.29 is 9.53 Å². The Morgan fingerprint density at radius 2 is 2.17 bits per heavy atom. The number of hydrogen-bond donors (Lipinski definition) is 1. The average Bonchev–Trinajstić information content (AvgIpc) is 2.92. The van der Waals surface area contributed by atoms with Crippen LogP contribution in [0.5, 0.6) is 0 Å². The van der Waals surface area contributed by atoms with Crippen LogP contribution in [0.1, 0.15) is 32.2 Å². The molecule has 0 aliphatic carbocycles. The van der Waals surface area contributed by atoms with Gasteiger partial charge in [0.1, 0.15) is 22.5 Å². The van der Waals surface area contributed by atoms with E-state index in [4.69, 9.17) is 4.74 Å². The summed E-state index contributed by atoms with van der Waals surface area (Å²) in [4.78, 5) is 28.2. The van der Waals surface area contributed by atoms with E-state index in [0.717, 1.165) is 16.4 Å². The molecule has 2 aromatic heterocycles. The molecule has 1 N–H and O–H groups in total. The molecule has 1 saturated heterocycles. The second-order valence-corrected chi connectivity index (χ2v) is 6.50. The number of anilines is 1. The Morgan fingerprint density at radius 3 is 2.87 bits per heavy atom. The van der Waals surface area contributed by atoms with Gasteiger partial charge in [-0.3, -0.25) is 9.78 Å². The van der Waals surface area contributed by atoms with Gasteiger partial charge in [0, 0.05) is 26.0 Å². The maximum Gasteiger partial charge on any atom is 0.266 e. The van der Waals surface area contributed by atoms with Gasteiger partial charge in [-0.05, 0) is 13.8 Å². The first-order chi connectivity index (χ1) is 11.1. The third-order valence-electron chi connectivity index (χ3n) is 3.72. The number of amides is 1. The fourth-order valence-electron chi connectivity index (χ4n) is 2.65. The highest BCUT2D eigenvalue weighted by Crippen LogP contribution is 2.27. The van der Waals surface area contributed by atoms with E-state index in [2.05, 4.69) is 20.3 Å². The summed E-state index contributed by atoms with van der Waals surface area (Å²) in [7, 11) is 1.79. The minimum absolute atomic E-state index is 0.0105. The number of nitrogens with zero attached hydrogens (tertiary/aromatic N) is 4. The zero-order chi connectivity index (χ0) is 16.4. The van der Waals surface area contributed by atoms with E-state index in [0.29, 0.717) is 30.4 Å². The van der Waals surface area contributed by atoms with Gasteiger partial charge in [-0.15, -0.1) is 11.3 Å². The van der Waals surface area contributed by atoms with Crippen LogP contribution in [0.25, 0.3) is 0 Å². The number of thiazole rings is 1. The Morgan fingerprint density at radius 1 is 1.39 bits per heavy atom. The van der Waals surface area contributed by atoms with E-state index in [1.54, 1.807) is 19.4 Å². The van der Waals surface area contributed by atoms with Gasteiger partial charge in [0.25, 0.3) is 5.91 Å². The molecule has 122 valence electrons. The van der Waals surface area contributed by atoms with Crippen LogP contribution < -0.4 is 5.32 Å². The van der Waals surface area contributed by atoms with Gasteiger partial charge in [0.15, 0.2) is 0 Å². The van der Waals surface area contributed by atoms with Gasteiger partial charge < -0.3 is 15.0 Å². The van der Waals surface area contributed by atoms with E-state index in [1.807, 2.05) is 18.7 Å². The summed E-state index contributed by atoms with van der Waals surface area (Å²) in [6, 6.07) is 0. The van der Waals surface area contributed by atoms with E-state index in [9.17, 15) is 4.79 Å². The largest absolute Gasteiger partial charge is 0.372 e. The number of carbonyl (C=O) groups is 1. The third-order valence-corrected chi connectivity index (χ3v) is 4.78. The molecule has 2 aromatic rings. The lowest BCUT2D eigenvalue weighted by Crippen LogP contribution is -2.42. The van der Waals surface area contributed by atoms with Gasteiger partial charge in [0.05, 0.1) is 23.9 Å². The maximum atomic E-state index is 12.8. The number of morpholine rings is 1. The van der Waals surface area contributed by atoms with Gasteiger partial charge >= 0.3 is 0 Å². The number of hydrogen-bond acceptors (Lipinski definition) is 7. The predicted molar refractivity (Wildman–Crippen MR) is 87.8 cm³/mol. The average molecular weight is 333 g/mol. The van der Waals surface area contributed by atoms with Gasteiger partial charge in [-0.25, -0.2) is 9.97 Å². The highest BCUT2D eigenvalue weighted by molar-refractivity contribution is 7.13. The lowest BCUT2D eigenvalue weighted by atomic mass is 10.2. The molecule has 1 fully saturated rings. The molecule has 1 aliphatic heterocycles. The van der Waals surface area contributed by atoms with Crippen LogP contribution in [0, 0.1) is 13.8 Å². The molecule has 1 aliphatic rings. The van der Waals surface area contributed by atoms with Crippen LogP contribution in [-0.2, 0) is 4.74 Å². The SMILES string of the molecule is CNc1nccnc1[C@H]1CN(C(=O)c2sc(C)nc2C)CCO1. The first kappa shape index (κ1) is 15.8. The molecule has 1 amide bonds. The fourth-order valence-corrected chi connectivity index (χ4v) is 3.54. The van der Waals surface area contributed by atoms with Crippen LogP contribution in [0.15, 0.2) is 12.4 Å². The van der Waals surface area contributed by atoms with Crippen molar-refractivity contribution in [3.8, 4) is 0 Å². The van der Waals surface area contributed by atoms with E-state index < -0.39 is 0 Å². The number of carbonyl (C=O) groups excluding carboxylic acids is 1. The van der Waals surface area contributed by atoms with Crippen molar-refractivity contribution in [2.24, 2.45) is 0 Å². The van der Waals surface area contributed by atoms with Crippen LogP contribution in [0.3, 0.4) is 0 Å². The Balaban J connectivity index is 1.81. The summed E-state index contributed by atoms with van der Waals surface area (Å²) in [6.07, 6.45) is 2.99. The van der Waals surface area contributed by atoms with Crippen molar-refractivity contribution in [1.82, 2.24) is 19.9 Å². The van der Waals surface area contributed by atoms with Crippen molar-refractivity contribution in [2.75, 3.05) is 32.1 Å². The molecule has 0 bridgehead atoms. The molecule has 3 rings (SSSR count). The number of ether oxygens (including phenoxy) is 1. The molecule has 1 atom stereocenters. The highest BCUT2D eigenvalue weighted by Gasteiger charge is 2.30. The second-order valence-electron chi connectivity index (χ2n) is 5.30.